The third-order valence-corrected chi connectivity index (χ3v) is 3.90. The molecule has 4 aromatic rings. The van der Waals surface area contributed by atoms with Crippen molar-refractivity contribution in [1.82, 2.24) is 20.2 Å². The predicted molar refractivity (Wildman–Crippen MR) is 87.6 cm³/mol. The molecule has 2 heterocycles. The van der Waals surface area contributed by atoms with Crippen LogP contribution in [0.3, 0.4) is 0 Å². The molecule has 4 nitrogen and oxygen atoms in total. The molecule has 0 saturated carbocycles. The van der Waals surface area contributed by atoms with E-state index in [2.05, 4.69) is 20.2 Å². The zero-order chi connectivity index (χ0) is 17.4. The van der Waals surface area contributed by atoms with Gasteiger partial charge in [0.25, 0.3) is 0 Å². The van der Waals surface area contributed by atoms with Crippen LogP contribution in [0.4, 0.5) is 13.2 Å². The minimum atomic E-state index is -4.50. The molecule has 0 atom stereocenters. The van der Waals surface area contributed by atoms with Crippen molar-refractivity contribution in [1.29, 1.82) is 0 Å². The van der Waals surface area contributed by atoms with Crippen molar-refractivity contribution in [3.8, 4) is 22.8 Å². The number of nitrogens with one attached hydrogen (secondary N) is 1. The molecule has 7 heteroatoms. The number of H-pyrrole nitrogens is 1. The van der Waals surface area contributed by atoms with Crippen LogP contribution in [0.15, 0.2) is 60.9 Å². The highest BCUT2D eigenvalue weighted by molar-refractivity contribution is 5.95. The molecule has 0 saturated heterocycles. The fraction of sp³-hybridized carbons (Fsp3) is 0.0556. The predicted octanol–water partition coefficient (Wildman–Crippen LogP) is 4.71. The first-order valence-electron chi connectivity index (χ1n) is 7.46. The topological polar surface area (TPSA) is 54.5 Å². The lowest BCUT2D eigenvalue weighted by Crippen LogP contribution is -2.07. The molecular formula is C18H11F3N4. The van der Waals surface area contributed by atoms with Crippen LogP contribution < -0.4 is 0 Å². The van der Waals surface area contributed by atoms with E-state index in [1.54, 1.807) is 0 Å². The first kappa shape index (κ1) is 15.3. The maximum atomic E-state index is 13.2. The standard InChI is InChI=1S/C18H11F3N4/c19-18(20,21)15-8-9-22-10-14(15)17-23-16(24-25-17)13-7-3-5-11-4-1-2-6-12(11)13/h1-10H,(H,23,24,25). The number of hydrogen-bond acceptors (Lipinski definition) is 3. The zero-order valence-corrected chi connectivity index (χ0v) is 12.7. The second-order valence-electron chi connectivity index (χ2n) is 5.45. The molecule has 0 fully saturated rings. The molecule has 0 radical (unpaired) electrons. The number of nitrogens with zero attached hydrogens (tertiary/aromatic N) is 3. The van der Waals surface area contributed by atoms with Gasteiger partial charge in [-0.05, 0) is 16.8 Å². The molecule has 1 N–H and O–H groups in total. The highest BCUT2D eigenvalue weighted by Gasteiger charge is 2.34. The van der Waals surface area contributed by atoms with E-state index in [1.165, 1.54) is 0 Å². The number of halogens is 3. The van der Waals surface area contributed by atoms with Crippen LogP contribution in [0.25, 0.3) is 33.5 Å². The van der Waals surface area contributed by atoms with Crippen molar-refractivity contribution in [3.05, 3.63) is 66.5 Å². The van der Waals surface area contributed by atoms with Crippen molar-refractivity contribution >= 4 is 10.8 Å². The van der Waals surface area contributed by atoms with Crippen molar-refractivity contribution in [2.24, 2.45) is 0 Å². The molecule has 0 unspecified atom stereocenters. The molecule has 0 aliphatic carbocycles. The van der Waals surface area contributed by atoms with Crippen LogP contribution >= 0.6 is 0 Å². The fourth-order valence-electron chi connectivity index (χ4n) is 2.75. The van der Waals surface area contributed by atoms with Gasteiger partial charge in [0.05, 0.1) is 11.1 Å². The molecule has 0 aliphatic rings. The van der Waals surface area contributed by atoms with Gasteiger partial charge in [-0.3, -0.25) is 10.1 Å². The van der Waals surface area contributed by atoms with Crippen LogP contribution in [-0.2, 0) is 6.18 Å². The van der Waals surface area contributed by atoms with E-state index >= 15 is 0 Å². The molecule has 0 bridgehead atoms. The van der Waals surface area contributed by atoms with Crippen molar-refractivity contribution in [3.63, 3.8) is 0 Å². The molecular weight excluding hydrogens is 329 g/mol. The summed E-state index contributed by atoms with van der Waals surface area (Å²) >= 11 is 0. The summed E-state index contributed by atoms with van der Waals surface area (Å²) in [4.78, 5) is 8.04. The van der Waals surface area contributed by atoms with Gasteiger partial charge in [-0.2, -0.15) is 18.3 Å². The highest BCUT2D eigenvalue weighted by Crippen LogP contribution is 2.36. The van der Waals surface area contributed by atoms with Crippen LogP contribution in [0.5, 0.6) is 0 Å². The normalized spacial score (nSPS) is 11.8. The van der Waals surface area contributed by atoms with E-state index < -0.39 is 11.7 Å². The van der Waals surface area contributed by atoms with E-state index in [4.69, 9.17) is 0 Å². The fourth-order valence-corrected chi connectivity index (χ4v) is 2.75. The van der Waals surface area contributed by atoms with Crippen molar-refractivity contribution in [2.75, 3.05) is 0 Å². The highest BCUT2D eigenvalue weighted by atomic mass is 19.4. The Morgan fingerprint density at radius 1 is 0.880 bits per heavy atom. The lowest BCUT2D eigenvalue weighted by Gasteiger charge is -2.09. The second kappa shape index (κ2) is 5.70. The molecule has 0 spiro atoms. The summed E-state index contributed by atoms with van der Waals surface area (Å²) in [6.45, 7) is 0. The lowest BCUT2D eigenvalue weighted by atomic mass is 10.0. The van der Waals surface area contributed by atoms with Crippen molar-refractivity contribution < 1.29 is 13.2 Å². The summed E-state index contributed by atoms with van der Waals surface area (Å²) in [6, 6.07) is 14.3. The Hall–Kier alpha value is -3.22. The molecule has 0 amide bonds. The quantitative estimate of drug-likeness (QED) is 0.575. The Labute approximate surface area is 140 Å². The van der Waals surface area contributed by atoms with Gasteiger partial charge < -0.3 is 0 Å². The molecule has 25 heavy (non-hydrogen) atoms. The monoisotopic (exact) mass is 340 g/mol. The Morgan fingerprint density at radius 3 is 2.52 bits per heavy atom. The lowest BCUT2D eigenvalue weighted by molar-refractivity contribution is -0.137. The van der Waals surface area contributed by atoms with Crippen LogP contribution in [0, 0.1) is 0 Å². The molecule has 0 aliphatic heterocycles. The molecule has 2 aromatic heterocycles. The molecule has 4 rings (SSSR count). The Kier molecular flexibility index (Phi) is 3.49. The second-order valence-corrected chi connectivity index (χ2v) is 5.45. The summed E-state index contributed by atoms with van der Waals surface area (Å²) in [5.41, 5.74) is -0.196. The van der Waals surface area contributed by atoms with Crippen molar-refractivity contribution in [2.45, 2.75) is 6.18 Å². The molecule has 124 valence electrons. The smallest absolute Gasteiger partial charge is 0.264 e. The third-order valence-electron chi connectivity index (χ3n) is 3.90. The van der Waals surface area contributed by atoms with E-state index in [0.29, 0.717) is 5.82 Å². The van der Waals surface area contributed by atoms with Gasteiger partial charge in [-0.25, -0.2) is 4.98 Å². The zero-order valence-electron chi connectivity index (χ0n) is 12.7. The number of pyridine rings is 1. The van der Waals surface area contributed by atoms with Crippen LogP contribution in [0.2, 0.25) is 0 Å². The summed E-state index contributed by atoms with van der Waals surface area (Å²) in [5, 5.41) is 8.65. The average Bonchev–Trinajstić information content (AvgIpc) is 3.10. The first-order valence-corrected chi connectivity index (χ1v) is 7.46. The van der Waals surface area contributed by atoms with Gasteiger partial charge in [0.1, 0.15) is 0 Å². The maximum absolute atomic E-state index is 13.2. The Morgan fingerprint density at radius 2 is 1.68 bits per heavy atom. The van der Waals surface area contributed by atoms with E-state index in [0.717, 1.165) is 34.8 Å². The van der Waals surface area contributed by atoms with Crippen LogP contribution in [-0.4, -0.2) is 20.2 Å². The summed E-state index contributed by atoms with van der Waals surface area (Å²) in [6.07, 6.45) is -2.28. The number of aromatic amines is 1. The average molecular weight is 340 g/mol. The summed E-state index contributed by atoms with van der Waals surface area (Å²) in [7, 11) is 0. The maximum Gasteiger partial charge on any atom is 0.417 e. The largest absolute Gasteiger partial charge is 0.417 e. The third kappa shape index (κ3) is 2.73. The van der Waals surface area contributed by atoms with E-state index in [9.17, 15) is 13.2 Å². The van der Waals surface area contributed by atoms with Gasteiger partial charge >= 0.3 is 6.18 Å². The Balaban J connectivity index is 1.84. The number of benzene rings is 2. The molecule has 2 aromatic carbocycles. The number of fused-ring (bicyclic) bond motifs is 1. The minimum Gasteiger partial charge on any atom is -0.264 e. The van der Waals surface area contributed by atoms with Gasteiger partial charge in [0.15, 0.2) is 11.6 Å². The van der Waals surface area contributed by atoms with Crippen LogP contribution in [0.1, 0.15) is 5.56 Å². The SMILES string of the molecule is FC(F)(F)c1ccncc1-c1n[nH]c(-c2cccc3ccccc23)n1. The van der Waals surface area contributed by atoms with Gasteiger partial charge in [0, 0.05) is 18.0 Å². The van der Waals surface area contributed by atoms with Gasteiger partial charge in [0.2, 0.25) is 0 Å². The first-order chi connectivity index (χ1) is 12.0. The minimum absolute atomic E-state index is 0.0386. The summed E-state index contributed by atoms with van der Waals surface area (Å²) < 4.78 is 39.5. The number of rotatable bonds is 2. The number of alkyl halides is 3. The summed E-state index contributed by atoms with van der Waals surface area (Å²) in [5.74, 6) is 0.368. The van der Waals surface area contributed by atoms with E-state index in [-0.39, 0.29) is 11.4 Å². The van der Waals surface area contributed by atoms with E-state index in [1.807, 2.05) is 42.5 Å². The van der Waals surface area contributed by atoms with Gasteiger partial charge in [-0.1, -0.05) is 42.5 Å². The number of aromatic nitrogens is 4. The Bertz CT molecular complexity index is 1050. The number of hydrogen-bond donors (Lipinski definition) is 1. The van der Waals surface area contributed by atoms with Gasteiger partial charge in [-0.15, -0.1) is 0 Å².